The minimum absolute atomic E-state index is 0.0684. The maximum atomic E-state index is 12.2. The van der Waals surface area contributed by atoms with Crippen LogP contribution in [0, 0.1) is 17.8 Å². The van der Waals surface area contributed by atoms with Crippen LogP contribution in [-0.2, 0) is 25.5 Å². The molecule has 3 atom stereocenters. The van der Waals surface area contributed by atoms with E-state index in [1.54, 1.807) is 0 Å². The second kappa shape index (κ2) is 9.26. The number of benzene rings is 1. The van der Waals surface area contributed by atoms with E-state index in [0.29, 0.717) is 24.2 Å². The van der Waals surface area contributed by atoms with Crippen molar-refractivity contribution in [2.75, 3.05) is 6.61 Å². The second-order valence-corrected chi connectivity index (χ2v) is 8.37. The number of para-hydroxylation sites is 1. The quantitative estimate of drug-likeness (QED) is 0.705. The van der Waals surface area contributed by atoms with Gasteiger partial charge >= 0.3 is 11.9 Å². The van der Waals surface area contributed by atoms with Gasteiger partial charge in [-0.1, -0.05) is 45.4 Å². The molecule has 1 N–H and O–H groups in total. The Morgan fingerprint density at radius 1 is 1.18 bits per heavy atom. The van der Waals surface area contributed by atoms with Crippen LogP contribution in [0.4, 0.5) is 0 Å². The molecule has 0 bridgehead atoms. The fourth-order valence-electron chi connectivity index (χ4n) is 4.24. The van der Waals surface area contributed by atoms with E-state index in [0.717, 1.165) is 29.3 Å². The summed E-state index contributed by atoms with van der Waals surface area (Å²) < 4.78 is 10.8. The lowest BCUT2D eigenvalue weighted by atomic mass is 9.75. The molecule has 1 fully saturated rings. The molecule has 0 spiro atoms. The van der Waals surface area contributed by atoms with Gasteiger partial charge in [0, 0.05) is 23.5 Å². The molecule has 3 rings (SSSR count). The zero-order valence-electron chi connectivity index (χ0n) is 17.1. The third-order valence-corrected chi connectivity index (χ3v) is 5.87. The van der Waals surface area contributed by atoms with E-state index in [1.807, 2.05) is 30.5 Å². The van der Waals surface area contributed by atoms with Crippen LogP contribution in [-0.4, -0.2) is 29.6 Å². The molecule has 1 aromatic heterocycles. The van der Waals surface area contributed by atoms with Crippen LogP contribution in [0.2, 0.25) is 0 Å². The van der Waals surface area contributed by atoms with Crippen LogP contribution < -0.4 is 0 Å². The molecule has 152 valence electrons. The highest BCUT2D eigenvalue weighted by atomic mass is 16.6. The first-order valence-electron chi connectivity index (χ1n) is 10.3. The van der Waals surface area contributed by atoms with Crippen molar-refractivity contribution >= 4 is 22.8 Å². The first-order valence-corrected chi connectivity index (χ1v) is 10.3. The number of carbonyl (C=O) groups excluding carboxylic acids is 2. The minimum Gasteiger partial charge on any atom is -0.460 e. The van der Waals surface area contributed by atoms with Gasteiger partial charge < -0.3 is 14.5 Å². The van der Waals surface area contributed by atoms with E-state index < -0.39 is 5.97 Å². The van der Waals surface area contributed by atoms with Crippen molar-refractivity contribution in [3.05, 3.63) is 36.0 Å². The lowest BCUT2D eigenvalue weighted by Gasteiger charge is -2.36. The van der Waals surface area contributed by atoms with Gasteiger partial charge in [-0.25, -0.2) is 4.79 Å². The molecule has 2 aromatic rings. The average Bonchev–Trinajstić information content (AvgIpc) is 3.08. The SMILES string of the molecule is CC(C)[C@H]1CC[C@@H](C)C[C@H]1OC(=O)COC(=O)CCc1c[nH]c2ccccc12. The van der Waals surface area contributed by atoms with Crippen molar-refractivity contribution in [2.45, 2.75) is 59.0 Å². The first-order chi connectivity index (χ1) is 13.4. The number of carbonyl (C=O) groups is 2. The highest BCUT2D eigenvalue weighted by Gasteiger charge is 2.33. The summed E-state index contributed by atoms with van der Waals surface area (Å²) in [6.07, 6.45) is 5.82. The molecule has 1 saturated carbocycles. The third-order valence-electron chi connectivity index (χ3n) is 5.87. The Kier molecular flexibility index (Phi) is 6.76. The summed E-state index contributed by atoms with van der Waals surface area (Å²) in [5, 5.41) is 1.11. The molecule has 0 aliphatic heterocycles. The number of aromatic nitrogens is 1. The van der Waals surface area contributed by atoms with Crippen LogP contribution in [0.5, 0.6) is 0 Å². The van der Waals surface area contributed by atoms with Gasteiger partial charge in [0.25, 0.3) is 0 Å². The van der Waals surface area contributed by atoms with Crippen LogP contribution >= 0.6 is 0 Å². The van der Waals surface area contributed by atoms with Gasteiger partial charge in [-0.2, -0.15) is 0 Å². The predicted molar refractivity (Wildman–Crippen MR) is 109 cm³/mol. The van der Waals surface area contributed by atoms with Crippen LogP contribution in [0.15, 0.2) is 30.5 Å². The number of esters is 2. The predicted octanol–water partition coefficient (Wildman–Crippen LogP) is 4.65. The standard InChI is InChI=1S/C23H31NO4/c1-15(2)18-10-8-16(3)12-21(18)28-23(26)14-27-22(25)11-9-17-13-24-20-7-5-4-6-19(17)20/h4-7,13,15-16,18,21,24H,8-12,14H2,1-3H3/t16-,18-,21-/m1/s1. The summed E-state index contributed by atoms with van der Waals surface area (Å²) in [7, 11) is 0. The van der Waals surface area contributed by atoms with Crippen LogP contribution in [0.1, 0.15) is 52.0 Å². The zero-order valence-corrected chi connectivity index (χ0v) is 17.1. The van der Waals surface area contributed by atoms with Gasteiger partial charge in [-0.05, 0) is 48.6 Å². The number of fused-ring (bicyclic) bond motifs is 1. The highest BCUT2D eigenvalue weighted by Crippen LogP contribution is 2.35. The molecule has 1 aromatic carbocycles. The first kappa shape index (κ1) is 20.4. The minimum atomic E-state index is -0.440. The normalized spacial score (nSPS) is 22.4. The van der Waals surface area contributed by atoms with Crippen molar-refractivity contribution in [3.63, 3.8) is 0 Å². The van der Waals surface area contributed by atoms with Gasteiger partial charge in [0.05, 0.1) is 0 Å². The molecule has 28 heavy (non-hydrogen) atoms. The molecule has 1 heterocycles. The van der Waals surface area contributed by atoms with Crippen LogP contribution in [0.3, 0.4) is 0 Å². The van der Waals surface area contributed by atoms with E-state index in [9.17, 15) is 9.59 Å². The van der Waals surface area contributed by atoms with Gasteiger partial charge in [0.15, 0.2) is 6.61 Å². The Labute approximate surface area is 166 Å². The van der Waals surface area contributed by atoms with Gasteiger partial charge in [0.2, 0.25) is 0 Å². The summed E-state index contributed by atoms with van der Waals surface area (Å²) in [4.78, 5) is 27.4. The van der Waals surface area contributed by atoms with Gasteiger partial charge in [-0.15, -0.1) is 0 Å². The second-order valence-electron chi connectivity index (χ2n) is 8.37. The summed E-state index contributed by atoms with van der Waals surface area (Å²) >= 11 is 0. The largest absolute Gasteiger partial charge is 0.460 e. The van der Waals surface area contributed by atoms with Crippen molar-refractivity contribution in [2.24, 2.45) is 17.8 Å². The topological polar surface area (TPSA) is 68.4 Å². The molecule has 1 aliphatic carbocycles. The lowest BCUT2D eigenvalue weighted by molar-refractivity contribution is -0.167. The Balaban J connectivity index is 1.44. The molecule has 0 saturated heterocycles. The maximum absolute atomic E-state index is 12.2. The molecule has 0 amide bonds. The number of H-pyrrole nitrogens is 1. The molecule has 0 radical (unpaired) electrons. The van der Waals surface area contributed by atoms with E-state index in [1.165, 1.54) is 6.42 Å². The molecule has 5 heteroatoms. The van der Waals surface area contributed by atoms with Crippen molar-refractivity contribution in [1.82, 2.24) is 4.98 Å². The van der Waals surface area contributed by atoms with E-state index in [-0.39, 0.29) is 25.1 Å². The van der Waals surface area contributed by atoms with Crippen molar-refractivity contribution < 1.29 is 19.1 Å². The molecule has 1 aliphatic rings. The summed E-state index contributed by atoms with van der Waals surface area (Å²) in [5.41, 5.74) is 2.13. The monoisotopic (exact) mass is 385 g/mol. The van der Waals surface area contributed by atoms with E-state index in [2.05, 4.69) is 25.8 Å². The van der Waals surface area contributed by atoms with Gasteiger partial charge in [-0.3, -0.25) is 4.79 Å². The summed E-state index contributed by atoms with van der Waals surface area (Å²) in [6, 6.07) is 7.98. The molecule has 0 unspecified atom stereocenters. The molecule has 5 nitrogen and oxygen atoms in total. The fourth-order valence-corrected chi connectivity index (χ4v) is 4.24. The van der Waals surface area contributed by atoms with Gasteiger partial charge in [0.1, 0.15) is 6.10 Å². The number of hydrogen-bond acceptors (Lipinski definition) is 4. The summed E-state index contributed by atoms with van der Waals surface area (Å²) in [6.45, 7) is 6.24. The van der Waals surface area contributed by atoms with Crippen molar-refractivity contribution in [3.8, 4) is 0 Å². The smallest absolute Gasteiger partial charge is 0.344 e. The number of ether oxygens (including phenoxy) is 2. The summed E-state index contributed by atoms with van der Waals surface area (Å²) in [5.74, 6) is 0.609. The highest BCUT2D eigenvalue weighted by molar-refractivity contribution is 5.84. The van der Waals surface area contributed by atoms with Crippen LogP contribution in [0.25, 0.3) is 10.9 Å². The Morgan fingerprint density at radius 3 is 2.75 bits per heavy atom. The number of rotatable bonds is 7. The molecular weight excluding hydrogens is 354 g/mol. The number of aromatic amines is 1. The number of hydrogen-bond donors (Lipinski definition) is 1. The van der Waals surface area contributed by atoms with E-state index in [4.69, 9.17) is 9.47 Å². The third kappa shape index (κ3) is 5.15. The average molecular weight is 386 g/mol. The lowest BCUT2D eigenvalue weighted by Crippen LogP contribution is -2.36. The van der Waals surface area contributed by atoms with Crippen molar-refractivity contribution in [1.29, 1.82) is 0 Å². The Morgan fingerprint density at radius 2 is 1.96 bits per heavy atom. The molecular formula is C23H31NO4. The fraction of sp³-hybridized carbons (Fsp3) is 0.565. The zero-order chi connectivity index (χ0) is 20.1. The Hall–Kier alpha value is -2.30. The maximum Gasteiger partial charge on any atom is 0.344 e. The Bertz CT molecular complexity index is 810. The number of aryl methyl sites for hydroxylation is 1. The van der Waals surface area contributed by atoms with E-state index >= 15 is 0 Å². The number of nitrogens with one attached hydrogen (secondary N) is 1.